The third kappa shape index (κ3) is 17.1. The van der Waals surface area contributed by atoms with Crippen LogP contribution in [0.25, 0.3) is 0 Å². The van der Waals surface area contributed by atoms with Gasteiger partial charge in [0.25, 0.3) is 0 Å². The molecule has 0 aromatic heterocycles. The number of benzene rings is 1. The molecule has 0 spiro atoms. The number of nitrogens with zero attached hydrogens (tertiary/aromatic N) is 2. The van der Waals surface area contributed by atoms with Crippen molar-refractivity contribution in [1.29, 1.82) is 0 Å². The van der Waals surface area contributed by atoms with Crippen molar-refractivity contribution >= 4 is 80.0 Å². The van der Waals surface area contributed by atoms with E-state index in [-0.39, 0.29) is 5.91 Å². The second-order valence-corrected chi connectivity index (χ2v) is 61.2. The van der Waals surface area contributed by atoms with Crippen LogP contribution in [0.5, 0.6) is 0 Å². The van der Waals surface area contributed by atoms with Gasteiger partial charge in [-0.05, 0) is 12.1 Å². The Morgan fingerprint density at radius 3 is 1.71 bits per heavy atom. The zero-order chi connectivity index (χ0) is 17.0. The molecule has 1 rings (SSSR count). The standard InChI is InChI=1S/C11H15N2O.6ClH.Sb/c1-10(14)13(9-12(2)3)11-7-5-4-6-8-11;;;;;;;/h4-9H,1-3H3;6*1H;/q+1;;;;;;;+5/p-6. The second kappa shape index (κ2) is 7.21. The number of amides is 1. The SMILES string of the molecule is CC(=O)N(C=[N+](C)C)c1ccccc1.[Cl][Sb-]([Cl])([Cl])([Cl])([Cl])[Cl]. The summed E-state index contributed by atoms with van der Waals surface area (Å²) in [6.07, 6.45) is 1.76. The van der Waals surface area contributed by atoms with Crippen molar-refractivity contribution in [3.63, 3.8) is 0 Å². The summed E-state index contributed by atoms with van der Waals surface area (Å²) in [5.74, 6) is 0.00454. The Bertz CT molecular complexity index is 510. The van der Waals surface area contributed by atoms with E-state index in [1.54, 1.807) is 18.2 Å². The molecule has 10 heteroatoms. The van der Waals surface area contributed by atoms with Crippen LogP contribution in [0.2, 0.25) is 0 Å². The molecular formula is C11H15Cl6N2OSb. The van der Waals surface area contributed by atoms with Crippen LogP contribution in [-0.2, 0) is 4.79 Å². The first-order valence-corrected chi connectivity index (χ1v) is 24.9. The van der Waals surface area contributed by atoms with Gasteiger partial charge in [0.15, 0.2) is 0 Å². The monoisotopic (exact) mass is 522 g/mol. The average molecular weight is 526 g/mol. The van der Waals surface area contributed by atoms with Crippen LogP contribution in [-0.4, -0.2) is 40.1 Å². The van der Waals surface area contributed by atoms with Gasteiger partial charge in [-0.3, -0.25) is 4.58 Å². The number of carbonyl (C=O) groups excluding carboxylic acids is 1. The molecule has 0 saturated heterocycles. The molecule has 122 valence electrons. The van der Waals surface area contributed by atoms with E-state index < -0.39 is 9.14 Å². The Morgan fingerprint density at radius 2 is 1.43 bits per heavy atom. The van der Waals surface area contributed by atoms with Crippen molar-refractivity contribution < 1.29 is 9.37 Å². The first-order valence-electron chi connectivity index (χ1n) is 5.49. The van der Waals surface area contributed by atoms with Gasteiger partial charge >= 0.3 is 68.0 Å². The first kappa shape index (κ1) is 21.9. The Balaban J connectivity index is 0.000000486. The van der Waals surface area contributed by atoms with Gasteiger partial charge in [0.2, 0.25) is 6.34 Å². The van der Waals surface area contributed by atoms with Crippen LogP contribution in [0.3, 0.4) is 0 Å². The summed E-state index contributed by atoms with van der Waals surface area (Å²) in [5.41, 5.74) is 0.883. The third-order valence-corrected chi connectivity index (χ3v) is 1.72. The Labute approximate surface area is 144 Å². The van der Waals surface area contributed by atoms with Crippen LogP contribution in [0, 0.1) is 0 Å². The summed E-state index contributed by atoms with van der Waals surface area (Å²) in [6.45, 7) is 1.55. The molecule has 1 aromatic carbocycles. The maximum atomic E-state index is 11.3. The van der Waals surface area contributed by atoms with Gasteiger partial charge in [0.1, 0.15) is 5.69 Å². The Kier molecular flexibility index (Phi) is 7.53. The fraction of sp³-hybridized carbons (Fsp3) is 0.273. The van der Waals surface area contributed by atoms with E-state index in [1.165, 1.54) is 0 Å². The molecule has 0 atom stereocenters. The van der Waals surface area contributed by atoms with E-state index in [9.17, 15) is 4.79 Å². The number of para-hydroxylation sites is 1. The molecule has 0 unspecified atom stereocenters. The number of anilines is 1. The molecule has 1 aromatic rings. The Morgan fingerprint density at radius 1 is 1.05 bits per heavy atom. The molecule has 0 radical (unpaired) electrons. The zero-order valence-electron chi connectivity index (χ0n) is 11.5. The summed E-state index contributed by atoms with van der Waals surface area (Å²) in [4.78, 5) is 13.0. The molecule has 0 N–H and O–H groups in total. The number of carbonyl (C=O) groups is 1. The van der Waals surface area contributed by atoms with Crippen LogP contribution in [0.4, 0.5) is 5.69 Å². The van der Waals surface area contributed by atoms with Gasteiger partial charge in [-0.15, -0.1) is 0 Å². The summed E-state index contributed by atoms with van der Waals surface area (Å²) in [7, 11) is 28.7. The predicted molar refractivity (Wildman–Crippen MR) is 98.6 cm³/mol. The van der Waals surface area contributed by atoms with Crippen molar-refractivity contribution in [2.24, 2.45) is 0 Å². The molecule has 0 saturated carbocycles. The van der Waals surface area contributed by atoms with Gasteiger partial charge in [0, 0.05) is 6.92 Å². The van der Waals surface area contributed by atoms with Crippen molar-refractivity contribution in [3.8, 4) is 0 Å². The zero-order valence-corrected chi connectivity index (χ0v) is 18.6. The van der Waals surface area contributed by atoms with E-state index in [1.807, 2.05) is 49.0 Å². The molecule has 1 amide bonds. The average Bonchev–Trinajstić information content (AvgIpc) is 2.22. The molecule has 21 heavy (non-hydrogen) atoms. The van der Waals surface area contributed by atoms with Crippen molar-refractivity contribution in [3.05, 3.63) is 30.3 Å². The van der Waals surface area contributed by atoms with Gasteiger partial charge in [-0.1, -0.05) is 18.2 Å². The number of hydrogen-bond donors (Lipinski definition) is 0. The number of halogens is 6. The molecule has 0 aliphatic heterocycles. The fourth-order valence-corrected chi connectivity index (χ4v) is 1.15. The van der Waals surface area contributed by atoms with E-state index in [0.717, 1.165) is 5.69 Å². The minimum absolute atomic E-state index is 0.00454. The van der Waals surface area contributed by atoms with Gasteiger partial charge < -0.3 is 0 Å². The van der Waals surface area contributed by atoms with Crippen LogP contribution in [0.15, 0.2) is 30.3 Å². The summed E-state index contributed by atoms with van der Waals surface area (Å²) >= 11 is 0. The molecule has 0 heterocycles. The third-order valence-electron chi connectivity index (χ3n) is 1.72. The Hall–Kier alpha value is 0.918. The van der Waals surface area contributed by atoms with Crippen molar-refractivity contribution in [2.45, 2.75) is 6.92 Å². The van der Waals surface area contributed by atoms with E-state index >= 15 is 0 Å². The predicted octanol–water partition coefficient (Wildman–Crippen LogP) is 5.10. The minimum atomic E-state index is -5.42. The molecule has 3 nitrogen and oxygen atoms in total. The molecular weight excluding hydrogens is 511 g/mol. The van der Waals surface area contributed by atoms with Gasteiger partial charge in [-0.2, -0.15) is 4.90 Å². The van der Waals surface area contributed by atoms with Crippen LogP contribution < -0.4 is 4.90 Å². The van der Waals surface area contributed by atoms with E-state index in [2.05, 4.69) is 0 Å². The maximum absolute atomic E-state index is 11.3. The molecule has 0 bridgehead atoms. The second-order valence-electron chi connectivity index (χ2n) is 4.26. The summed E-state index contributed by atoms with van der Waals surface area (Å²) in [6, 6.07) is 9.56. The topological polar surface area (TPSA) is 23.3 Å². The quantitative estimate of drug-likeness (QED) is 0.228. The summed E-state index contributed by atoms with van der Waals surface area (Å²) < 4.78 is 1.84. The van der Waals surface area contributed by atoms with Gasteiger partial charge in [-0.25, -0.2) is 4.79 Å². The molecule has 0 aliphatic rings. The van der Waals surface area contributed by atoms with E-state index in [4.69, 9.17) is 53.0 Å². The fourth-order valence-electron chi connectivity index (χ4n) is 1.15. The van der Waals surface area contributed by atoms with Crippen molar-refractivity contribution in [1.82, 2.24) is 0 Å². The first-order chi connectivity index (χ1) is 9.06. The molecule has 0 aliphatic carbocycles. The number of hydrogen-bond acceptors (Lipinski definition) is 1. The van der Waals surface area contributed by atoms with Crippen molar-refractivity contribution in [2.75, 3.05) is 19.0 Å². The molecule has 0 fully saturated rings. The van der Waals surface area contributed by atoms with Crippen LogP contribution >= 0.6 is 53.0 Å². The van der Waals surface area contributed by atoms with Crippen LogP contribution in [0.1, 0.15) is 6.92 Å². The van der Waals surface area contributed by atoms with Gasteiger partial charge in [0.05, 0.1) is 14.1 Å². The van der Waals surface area contributed by atoms with E-state index in [0.29, 0.717) is 0 Å². The normalized spacial score (nSPS) is 14.0. The summed E-state index contributed by atoms with van der Waals surface area (Å²) in [5, 5.41) is 0. The number of rotatable bonds is 2.